The van der Waals surface area contributed by atoms with Crippen molar-refractivity contribution < 1.29 is 8.78 Å². The van der Waals surface area contributed by atoms with Gasteiger partial charge >= 0.3 is 0 Å². The number of aromatic nitrogens is 2. The molecule has 0 spiro atoms. The minimum atomic E-state index is -0.849. The predicted molar refractivity (Wildman–Crippen MR) is 73.1 cm³/mol. The molecule has 0 aliphatic heterocycles. The lowest BCUT2D eigenvalue weighted by Gasteiger charge is -2.24. The molecule has 2 atom stereocenters. The highest BCUT2D eigenvalue weighted by Gasteiger charge is 2.23. The molecule has 3 N–H and O–H groups in total. The highest BCUT2D eigenvalue weighted by Crippen LogP contribution is 2.31. The number of benzene rings is 1. The van der Waals surface area contributed by atoms with Gasteiger partial charge in [0.15, 0.2) is 11.6 Å². The van der Waals surface area contributed by atoms with Gasteiger partial charge in [0.1, 0.15) is 5.82 Å². The molecule has 1 aliphatic carbocycles. The topological polar surface area (TPSA) is 54.7 Å². The number of halogens is 2. The van der Waals surface area contributed by atoms with Crippen LogP contribution in [0.3, 0.4) is 0 Å². The molecule has 1 aromatic heterocycles. The van der Waals surface area contributed by atoms with E-state index in [9.17, 15) is 8.78 Å². The van der Waals surface area contributed by atoms with Gasteiger partial charge in [0.05, 0.1) is 11.9 Å². The Morgan fingerprint density at radius 1 is 1.20 bits per heavy atom. The van der Waals surface area contributed by atoms with Crippen LogP contribution in [0.25, 0.3) is 11.3 Å². The fourth-order valence-electron chi connectivity index (χ4n) is 2.83. The Balaban J connectivity index is 1.84. The molecule has 106 valence electrons. The molecule has 0 saturated heterocycles. The van der Waals surface area contributed by atoms with E-state index in [1.807, 2.05) is 0 Å². The summed E-state index contributed by atoms with van der Waals surface area (Å²) in [6.45, 7) is 0. The van der Waals surface area contributed by atoms with Crippen molar-refractivity contribution in [1.82, 2.24) is 9.97 Å². The third-order valence-electron chi connectivity index (χ3n) is 3.93. The molecule has 20 heavy (non-hydrogen) atoms. The van der Waals surface area contributed by atoms with Gasteiger partial charge in [-0.15, -0.1) is 0 Å². The van der Waals surface area contributed by atoms with Crippen LogP contribution in [0.1, 0.15) is 37.4 Å². The third kappa shape index (κ3) is 2.58. The van der Waals surface area contributed by atoms with Gasteiger partial charge in [-0.05, 0) is 37.5 Å². The van der Waals surface area contributed by atoms with Crippen LogP contribution in [0.4, 0.5) is 8.78 Å². The van der Waals surface area contributed by atoms with Crippen LogP contribution in [0, 0.1) is 11.6 Å². The highest BCUT2D eigenvalue weighted by molar-refractivity contribution is 5.58. The molecule has 1 heterocycles. The maximum atomic E-state index is 13.3. The van der Waals surface area contributed by atoms with E-state index in [1.54, 1.807) is 12.3 Å². The predicted octanol–water partition coefficient (Wildman–Crippen LogP) is 3.34. The van der Waals surface area contributed by atoms with Crippen molar-refractivity contribution in [2.45, 2.75) is 37.6 Å². The molecule has 1 saturated carbocycles. The first-order chi connectivity index (χ1) is 9.63. The number of nitrogens with two attached hydrogens (primary N) is 1. The van der Waals surface area contributed by atoms with E-state index in [4.69, 9.17) is 5.73 Å². The molecule has 2 unspecified atom stereocenters. The Morgan fingerprint density at radius 2 is 2.05 bits per heavy atom. The Labute approximate surface area is 116 Å². The number of imidazole rings is 1. The van der Waals surface area contributed by atoms with Crippen LogP contribution in [-0.2, 0) is 0 Å². The maximum absolute atomic E-state index is 13.3. The molecular formula is C15H17F2N3. The zero-order valence-electron chi connectivity index (χ0n) is 11.1. The number of nitrogens with zero attached hydrogens (tertiary/aromatic N) is 1. The average Bonchev–Trinajstić information content (AvgIpc) is 2.92. The summed E-state index contributed by atoms with van der Waals surface area (Å²) in [5, 5.41) is 0. The minimum absolute atomic E-state index is 0.227. The number of hydrogen-bond acceptors (Lipinski definition) is 2. The van der Waals surface area contributed by atoms with Crippen molar-refractivity contribution in [2.75, 3.05) is 0 Å². The van der Waals surface area contributed by atoms with Gasteiger partial charge in [0, 0.05) is 17.5 Å². The van der Waals surface area contributed by atoms with Crippen LogP contribution in [0.5, 0.6) is 0 Å². The molecular weight excluding hydrogens is 260 g/mol. The third-order valence-corrected chi connectivity index (χ3v) is 3.93. The first-order valence-corrected chi connectivity index (χ1v) is 6.89. The van der Waals surface area contributed by atoms with E-state index in [-0.39, 0.29) is 6.04 Å². The highest BCUT2D eigenvalue weighted by atomic mass is 19.2. The van der Waals surface area contributed by atoms with E-state index >= 15 is 0 Å². The first-order valence-electron chi connectivity index (χ1n) is 6.89. The van der Waals surface area contributed by atoms with Gasteiger partial charge in [0.2, 0.25) is 0 Å². The van der Waals surface area contributed by atoms with Gasteiger partial charge in [-0.1, -0.05) is 6.42 Å². The van der Waals surface area contributed by atoms with Gasteiger partial charge in [-0.2, -0.15) is 0 Å². The van der Waals surface area contributed by atoms with Crippen molar-refractivity contribution in [1.29, 1.82) is 0 Å². The number of rotatable bonds is 2. The molecule has 5 heteroatoms. The lowest BCUT2D eigenvalue weighted by Crippen LogP contribution is -2.27. The average molecular weight is 277 g/mol. The molecule has 0 radical (unpaired) electrons. The van der Waals surface area contributed by atoms with Crippen molar-refractivity contribution in [3.8, 4) is 11.3 Å². The lowest BCUT2D eigenvalue weighted by molar-refractivity contribution is 0.383. The maximum Gasteiger partial charge on any atom is 0.159 e. The molecule has 1 aromatic carbocycles. The zero-order chi connectivity index (χ0) is 14.1. The Morgan fingerprint density at radius 3 is 2.80 bits per heavy atom. The second kappa shape index (κ2) is 5.32. The summed E-state index contributed by atoms with van der Waals surface area (Å²) in [7, 11) is 0. The first kappa shape index (κ1) is 13.2. The van der Waals surface area contributed by atoms with Crippen LogP contribution < -0.4 is 5.73 Å². The largest absolute Gasteiger partial charge is 0.342 e. The summed E-state index contributed by atoms with van der Waals surface area (Å²) in [5.41, 5.74) is 7.29. The van der Waals surface area contributed by atoms with Gasteiger partial charge in [0.25, 0.3) is 0 Å². The zero-order valence-corrected chi connectivity index (χ0v) is 11.1. The fraction of sp³-hybridized carbons (Fsp3) is 0.400. The van der Waals surface area contributed by atoms with E-state index < -0.39 is 11.6 Å². The quantitative estimate of drug-likeness (QED) is 0.884. The molecule has 1 fully saturated rings. The van der Waals surface area contributed by atoms with Crippen molar-refractivity contribution >= 4 is 0 Å². The van der Waals surface area contributed by atoms with Gasteiger partial charge < -0.3 is 10.7 Å². The van der Waals surface area contributed by atoms with Crippen LogP contribution in [-0.4, -0.2) is 16.0 Å². The van der Waals surface area contributed by atoms with Gasteiger partial charge in [-0.3, -0.25) is 0 Å². The second-order valence-electron chi connectivity index (χ2n) is 5.43. The standard InChI is InChI=1S/C15H17F2N3/c16-12-5-4-9(7-13(12)17)14-8-19-15(20-14)10-2-1-3-11(18)6-10/h4-5,7-8,10-11H,1-3,6,18H2,(H,19,20). The summed E-state index contributed by atoms with van der Waals surface area (Å²) < 4.78 is 26.2. The minimum Gasteiger partial charge on any atom is -0.342 e. The smallest absolute Gasteiger partial charge is 0.159 e. The molecule has 1 aliphatic rings. The van der Waals surface area contributed by atoms with Crippen LogP contribution in [0.15, 0.2) is 24.4 Å². The Kier molecular flexibility index (Phi) is 3.53. The normalized spacial score (nSPS) is 22.9. The van der Waals surface area contributed by atoms with E-state index in [0.717, 1.165) is 37.6 Å². The summed E-state index contributed by atoms with van der Waals surface area (Å²) in [6.07, 6.45) is 5.82. The number of nitrogens with one attached hydrogen (secondary N) is 1. The lowest BCUT2D eigenvalue weighted by atomic mass is 9.86. The molecule has 0 bridgehead atoms. The molecule has 0 amide bonds. The van der Waals surface area contributed by atoms with E-state index in [2.05, 4.69) is 9.97 Å². The summed E-state index contributed by atoms with van der Waals surface area (Å²) in [4.78, 5) is 7.59. The van der Waals surface area contributed by atoms with E-state index in [1.165, 1.54) is 6.07 Å². The summed E-state index contributed by atoms with van der Waals surface area (Å²) in [6, 6.07) is 4.08. The molecule has 2 aromatic rings. The Hall–Kier alpha value is -1.75. The summed E-state index contributed by atoms with van der Waals surface area (Å²) >= 11 is 0. The van der Waals surface area contributed by atoms with Crippen molar-refractivity contribution in [2.24, 2.45) is 5.73 Å². The van der Waals surface area contributed by atoms with Crippen molar-refractivity contribution in [3.05, 3.63) is 41.9 Å². The van der Waals surface area contributed by atoms with Crippen molar-refractivity contribution in [3.63, 3.8) is 0 Å². The summed E-state index contributed by atoms with van der Waals surface area (Å²) in [5.74, 6) is -0.470. The van der Waals surface area contributed by atoms with Crippen LogP contribution >= 0.6 is 0 Å². The monoisotopic (exact) mass is 277 g/mol. The van der Waals surface area contributed by atoms with Crippen LogP contribution in [0.2, 0.25) is 0 Å². The number of H-pyrrole nitrogens is 1. The molecule has 3 nitrogen and oxygen atoms in total. The fourth-order valence-corrected chi connectivity index (χ4v) is 2.83. The number of aromatic amines is 1. The Bertz CT molecular complexity index is 609. The van der Waals surface area contributed by atoms with Gasteiger partial charge in [-0.25, -0.2) is 13.8 Å². The SMILES string of the molecule is NC1CCCC(c2ncc(-c3ccc(F)c(F)c3)[nH]2)C1. The molecule has 3 rings (SSSR count). The van der Waals surface area contributed by atoms with E-state index in [0.29, 0.717) is 17.2 Å². The second-order valence-corrected chi connectivity index (χ2v) is 5.43. The number of hydrogen-bond donors (Lipinski definition) is 2.